The molecule has 0 heterocycles. The highest BCUT2D eigenvalue weighted by molar-refractivity contribution is 4.58. The lowest BCUT2D eigenvalue weighted by Crippen LogP contribution is -2.26. The van der Waals surface area contributed by atoms with E-state index in [0.29, 0.717) is 0 Å². The number of ether oxygens (including phenoxy) is 1. The summed E-state index contributed by atoms with van der Waals surface area (Å²) in [5.41, 5.74) is 0. The first kappa shape index (κ1) is 7.88. The second-order valence-corrected chi connectivity index (χ2v) is 1.76. The zero-order valence-corrected chi connectivity index (χ0v) is 5.16. The first-order valence-electron chi connectivity index (χ1n) is 2.53. The van der Waals surface area contributed by atoms with Crippen LogP contribution >= 0.6 is 0 Å². The summed E-state index contributed by atoms with van der Waals surface area (Å²) in [7, 11) is 1.48. The van der Waals surface area contributed by atoms with Gasteiger partial charge in [-0.2, -0.15) is 0 Å². The fourth-order valence-electron chi connectivity index (χ4n) is 0.310. The van der Waals surface area contributed by atoms with Crippen LogP contribution in [0.2, 0.25) is 0 Å². The molecule has 0 amide bonds. The Kier molecular flexibility index (Phi) is 3.77. The van der Waals surface area contributed by atoms with E-state index in [-0.39, 0.29) is 6.61 Å². The summed E-state index contributed by atoms with van der Waals surface area (Å²) in [6, 6.07) is 0. The van der Waals surface area contributed by atoms with Gasteiger partial charge in [-0.25, -0.2) is 0 Å². The number of aliphatic hydroxyl groups excluding tert-OH is 2. The van der Waals surface area contributed by atoms with Crippen molar-refractivity contribution in [2.24, 2.45) is 0 Å². The van der Waals surface area contributed by atoms with Crippen LogP contribution in [0.5, 0.6) is 0 Å². The molecule has 0 aromatic carbocycles. The van der Waals surface area contributed by atoms with Gasteiger partial charge in [0.05, 0.1) is 12.7 Å². The molecule has 2 N–H and O–H groups in total. The topological polar surface area (TPSA) is 49.7 Å². The van der Waals surface area contributed by atoms with Gasteiger partial charge in [-0.15, -0.1) is 0 Å². The summed E-state index contributed by atoms with van der Waals surface area (Å²) in [4.78, 5) is 0. The highest BCUT2D eigenvalue weighted by Crippen LogP contribution is 1.90. The van der Waals surface area contributed by atoms with Crippen molar-refractivity contribution < 1.29 is 14.9 Å². The van der Waals surface area contributed by atoms with Gasteiger partial charge in [-0.05, 0) is 6.92 Å². The maximum absolute atomic E-state index is 8.75. The molecule has 2 atom stereocenters. The van der Waals surface area contributed by atoms with Crippen LogP contribution in [0.25, 0.3) is 0 Å². The maximum atomic E-state index is 8.75. The van der Waals surface area contributed by atoms with Crippen molar-refractivity contribution >= 4 is 0 Å². The van der Waals surface area contributed by atoms with E-state index in [1.54, 1.807) is 0 Å². The Morgan fingerprint density at radius 2 is 2.00 bits per heavy atom. The van der Waals surface area contributed by atoms with Gasteiger partial charge in [-0.1, -0.05) is 0 Å². The van der Waals surface area contributed by atoms with Crippen LogP contribution in [0.15, 0.2) is 0 Å². The van der Waals surface area contributed by atoms with Crippen molar-refractivity contribution in [2.75, 3.05) is 13.7 Å². The standard InChI is InChI=1S/C5H12O3/c1-4(6)5(7)3-8-2/h4-7H,3H2,1-2H3/t4-,5+/m1/s1. The fraction of sp³-hybridized carbons (Fsp3) is 1.00. The number of methoxy groups -OCH3 is 1. The largest absolute Gasteiger partial charge is 0.391 e. The molecule has 0 saturated carbocycles. The van der Waals surface area contributed by atoms with Crippen LogP contribution in [0.4, 0.5) is 0 Å². The minimum absolute atomic E-state index is 0.192. The van der Waals surface area contributed by atoms with Gasteiger partial charge in [0.1, 0.15) is 6.10 Å². The van der Waals surface area contributed by atoms with Crippen molar-refractivity contribution in [3.05, 3.63) is 0 Å². The molecular weight excluding hydrogens is 108 g/mol. The van der Waals surface area contributed by atoms with Crippen molar-refractivity contribution in [3.8, 4) is 0 Å². The molecule has 0 radical (unpaired) electrons. The molecule has 0 aromatic rings. The summed E-state index contributed by atoms with van der Waals surface area (Å²) in [6.45, 7) is 1.71. The Balaban J connectivity index is 3.17. The molecule has 0 fully saturated rings. The molecule has 3 heteroatoms. The Morgan fingerprint density at radius 1 is 1.50 bits per heavy atom. The molecule has 3 nitrogen and oxygen atoms in total. The molecule has 0 aliphatic heterocycles. The lowest BCUT2D eigenvalue weighted by Gasteiger charge is -2.10. The van der Waals surface area contributed by atoms with Crippen LogP contribution in [0, 0.1) is 0 Å². The van der Waals surface area contributed by atoms with Gasteiger partial charge in [0.2, 0.25) is 0 Å². The van der Waals surface area contributed by atoms with Crippen molar-refractivity contribution in [1.29, 1.82) is 0 Å². The third-order valence-corrected chi connectivity index (χ3v) is 0.894. The van der Waals surface area contributed by atoms with E-state index in [4.69, 9.17) is 10.2 Å². The van der Waals surface area contributed by atoms with E-state index < -0.39 is 12.2 Å². The van der Waals surface area contributed by atoms with Gasteiger partial charge in [0.25, 0.3) is 0 Å². The van der Waals surface area contributed by atoms with Gasteiger partial charge in [0.15, 0.2) is 0 Å². The number of rotatable bonds is 3. The summed E-state index contributed by atoms with van der Waals surface area (Å²) in [6.07, 6.45) is -1.45. The van der Waals surface area contributed by atoms with Crippen LogP contribution in [0.1, 0.15) is 6.92 Å². The average molecular weight is 120 g/mol. The molecule has 0 rings (SSSR count). The summed E-state index contributed by atoms with van der Waals surface area (Å²) < 4.78 is 4.55. The average Bonchev–Trinajstić information content (AvgIpc) is 1.67. The molecule has 0 unspecified atom stereocenters. The summed E-state index contributed by atoms with van der Waals surface area (Å²) in [5, 5.41) is 17.4. The molecule has 0 bridgehead atoms. The lowest BCUT2D eigenvalue weighted by molar-refractivity contribution is -0.0173. The third-order valence-electron chi connectivity index (χ3n) is 0.894. The molecule has 50 valence electrons. The van der Waals surface area contributed by atoms with Crippen LogP contribution in [-0.2, 0) is 4.74 Å². The highest BCUT2D eigenvalue weighted by Gasteiger charge is 2.08. The van der Waals surface area contributed by atoms with E-state index in [1.807, 2.05) is 0 Å². The van der Waals surface area contributed by atoms with Gasteiger partial charge in [0, 0.05) is 7.11 Å². The van der Waals surface area contributed by atoms with Gasteiger partial charge in [-0.3, -0.25) is 0 Å². The lowest BCUT2D eigenvalue weighted by atomic mass is 10.2. The molecule has 0 aliphatic rings. The molecule has 0 spiro atoms. The van der Waals surface area contributed by atoms with Crippen LogP contribution in [0.3, 0.4) is 0 Å². The maximum Gasteiger partial charge on any atom is 0.103 e. The second-order valence-electron chi connectivity index (χ2n) is 1.76. The Hall–Kier alpha value is -0.120. The minimum Gasteiger partial charge on any atom is -0.391 e. The molecular formula is C5H12O3. The SMILES string of the molecule is COC[C@H](O)[C@@H](C)O. The number of hydrogen-bond donors (Lipinski definition) is 2. The van der Waals surface area contributed by atoms with Crippen molar-refractivity contribution in [1.82, 2.24) is 0 Å². The van der Waals surface area contributed by atoms with Gasteiger partial charge < -0.3 is 14.9 Å². The Morgan fingerprint density at radius 3 is 2.12 bits per heavy atom. The fourth-order valence-corrected chi connectivity index (χ4v) is 0.310. The predicted octanol–water partition coefficient (Wildman–Crippen LogP) is -0.625. The zero-order chi connectivity index (χ0) is 6.57. The zero-order valence-electron chi connectivity index (χ0n) is 5.16. The van der Waals surface area contributed by atoms with Crippen LogP contribution in [-0.4, -0.2) is 36.1 Å². The predicted molar refractivity (Wildman–Crippen MR) is 29.6 cm³/mol. The minimum atomic E-state index is -0.750. The molecule has 8 heavy (non-hydrogen) atoms. The number of aliphatic hydroxyl groups is 2. The molecule has 0 aromatic heterocycles. The second kappa shape index (κ2) is 3.83. The first-order valence-corrected chi connectivity index (χ1v) is 2.53. The smallest absolute Gasteiger partial charge is 0.103 e. The quantitative estimate of drug-likeness (QED) is 0.521. The van der Waals surface area contributed by atoms with Gasteiger partial charge >= 0.3 is 0 Å². The van der Waals surface area contributed by atoms with Crippen LogP contribution < -0.4 is 0 Å². The Bertz CT molecular complexity index is 53.6. The van der Waals surface area contributed by atoms with Crippen molar-refractivity contribution in [2.45, 2.75) is 19.1 Å². The van der Waals surface area contributed by atoms with E-state index >= 15 is 0 Å². The highest BCUT2D eigenvalue weighted by atomic mass is 16.5. The first-order chi connectivity index (χ1) is 3.68. The molecule has 0 saturated heterocycles. The van der Waals surface area contributed by atoms with E-state index in [9.17, 15) is 0 Å². The normalized spacial score (nSPS) is 18.0. The van der Waals surface area contributed by atoms with E-state index in [0.717, 1.165) is 0 Å². The summed E-state index contributed by atoms with van der Waals surface area (Å²) >= 11 is 0. The van der Waals surface area contributed by atoms with E-state index in [2.05, 4.69) is 4.74 Å². The van der Waals surface area contributed by atoms with E-state index in [1.165, 1.54) is 14.0 Å². The third kappa shape index (κ3) is 2.96. The number of hydrogen-bond acceptors (Lipinski definition) is 3. The Labute approximate surface area is 48.9 Å². The summed E-state index contributed by atoms with van der Waals surface area (Å²) in [5.74, 6) is 0. The van der Waals surface area contributed by atoms with Crippen molar-refractivity contribution in [3.63, 3.8) is 0 Å². The monoisotopic (exact) mass is 120 g/mol. The molecule has 0 aliphatic carbocycles.